The third kappa shape index (κ3) is 2.84. The summed E-state index contributed by atoms with van der Waals surface area (Å²) in [5, 5.41) is 2.62. The lowest BCUT2D eigenvalue weighted by molar-refractivity contribution is 0.0692. The summed E-state index contributed by atoms with van der Waals surface area (Å²) in [6.45, 7) is 0.497. The summed E-state index contributed by atoms with van der Waals surface area (Å²) in [5.41, 5.74) is 2.24. The van der Waals surface area contributed by atoms with Gasteiger partial charge in [0.05, 0.1) is 12.6 Å². The molecule has 1 aromatic heterocycles. The first-order valence-corrected chi connectivity index (χ1v) is 8.45. The van der Waals surface area contributed by atoms with E-state index in [9.17, 15) is 9.59 Å². The van der Waals surface area contributed by atoms with Gasteiger partial charge in [-0.25, -0.2) is 23.9 Å². The Kier molecular flexibility index (Phi) is 4.18. The van der Waals surface area contributed by atoms with Crippen molar-refractivity contribution in [2.75, 3.05) is 0 Å². The highest BCUT2D eigenvalue weighted by molar-refractivity contribution is 5.40. The van der Waals surface area contributed by atoms with E-state index in [1.165, 1.54) is 11.7 Å². The van der Waals surface area contributed by atoms with E-state index >= 15 is 0 Å². The number of benzene rings is 2. The molecule has 0 bridgehead atoms. The van der Waals surface area contributed by atoms with E-state index in [-0.39, 0.29) is 17.8 Å². The molecule has 0 spiro atoms. The lowest BCUT2D eigenvalue weighted by Gasteiger charge is -2.26. The van der Waals surface area contributed by atoms with Crippen LogP contribution >= 0.6 is 0 Å². The molecular formula is C20H19N3O3. The van der Waals surface area contributed by atoms with Crippen molar-refractivity contribution in [1.29, 1.82) is 0 Å². The Hall–Kier alpha value is -3.12. The fraction of sp³-hybridized carbons (Fsp3) is 0.200. The summed E-state index contributed by atoms with van der Waals surface area (Å²) in [6, 6.07) is 17.5. The molecule has 6 nitrogen and oxygen atoms in total. The van der Waals surface area contributed by atoms with Gasteiger partial charge in [0.2, 0.25) is 0 Å². The number of rotatable bonds is 4. The highest BCUT2D eigenvalue weighted by atomic mass is 16.5. The maximum atomic E-state index is 12.3. The molecule has 1 aliphatic rings. The molecule has 2 atom stereocenters. The number of hydrogen-bond donors (Lipinski definition) is 1. The van der Waals surface area contributed by atoms with Gasteiger partial charge in [-0.05, 0) is 16.7 Å². The van der Waals surface area contributed by atoms with E-state index in [0.29, 0.717) is 6.61 Å². The Morgan fingerprint density at radius 1 is 0.962 bits per heavy atom. The summed E-state index contributed by atoms with van der Waals surface area (Å²) in [4.78, 5) is 24.1. The Morgan fingerprint density at radius 2 is 1.65 bits per heavy atom. The van der Waals surface area contributed by atoms with Crippen molar-refractivity contribution in [3.05, 3.63) is 104 Å². The highest BCUT2D eigenvalue weighted by Crippen LogP contribution is 2.34. The summed E-state index contributed by atoms with van der Waals surface area (Å²) in [7, 11) is 1.46. The van der Waals surface area contributed by atoms with Crippen LogP contribution in [0.1, 0.15) is 28.8 Å². The molecular weight excluding hydrogens is 330 g/mol. The van der Waals surface area contributed by atoms with Crippen LogP contribution in [0.15, 0.2) is 76.3 Å². The minimum absolute atomic E-state index is 0.200. The van der Waals surface area contributed by atoms with Crippen LogP contribution in [0.3, 0.4) is 0 Å². The maximum absolute atomic E-state index is 12.3. The van der Waals surface area contributed by atoms with Crippen molar-refractivity contribution < 1.29 is 4.74 Å². The maximum Gasteiger partial charge on any atom is 0.347 e. The molecule has 1 aliphatic carbocycles. The van der Waals surface area contributed by atoms with Crippen LogP contribution in [0.2, 0.25) is 0 Å². The van der Waals surface area contributed by atoms with E-state index in [1.54, 1.807) is 0 Å². The fourth-order valence-electron chi connectivity index (χ4n) is 3.25. The van der Waals surface area contributed by atoms with Gasteiger partial charge < -0.3 is 4.74 Å². The highest BCUT2D eigenvalue weighted by Gasteiger charge is 2.26. The first-order chi connectivity index (χ1) is 12.6. The minimum Gasteiger partial charge on any atom is -0.365 e. The second-order valence-electron chi connectivity index (χ2n) is 6.30. The average Bonchev–Trinajstić information content (AvgIpc) is 2.94. The van der Waals surface area contributed by atoms with Crippen molar-refractivity contribution >= 4 is 0 Å². The zero-order valence-electron chi connectivity index (χ0n) is 14.3. The molecule has 6 heteroatoms. The summed E-state index contributed by atoms with van der Waals surface area (Å²) < 4.78 is 8.50. The summed E-state index contributed by atoms with van der Waals surface area (Å²) in [6.07, 6.45) is 3.64. The molecule has 0 unspecified atom stereocenters. The molecule has 2 aromatic carbocycles. The van der Waals surface area contributed by atoms with Crippen molar-refractivity contribution in [1.82, 2.24) is 14.3 Å². The number of aromatic amines is 1. The van der Waals surface area contributed by atoms with Crippen LogP contribution in [0, 0.1) is 0 Å². The van der Waals surface area contributed by atoms with Gasteiger partial charge in [0.1, 0.15) is 6.10 Å². The summed E-state index contributed by atoms with van der Waals surface area (Å²) in [5.74, 6) is 0. The van der Waals surface area contributed by atoms with E-state index in [4.69, 9.17) is 4.74 Å². The van der Waals surface area contributed by atoms with Crippen LogP contribution in [0.4, 0.5) is 0 Å². The number of nitrogens with zero attached hydrogens (tertiary/aromatic N) is 2. The Balaban J connectivity index is 1.66. The Bertz CT molecular complexity index is 1060. The van der Waals surface area contributed by atoms with Crippen molar-refractivity contribution in [3.63, 3.8) is 0 Å². The van der Waals surface area contributed by atoms with Crippen molar-refractivity contribution in [3.8, 4) is 0 Å². The molecule has 132 valence electrons. The van der Waals surface area contributed by atoms with Crippen LogP contribution in [0.25, 0.3) is 0 Å². The van der Waals surface area contributed by atoms with Crippen molar-refractivity contribution in [2.24, 2.45) is 7.05 Å². The van der Waals surface area contributed by atoms with Crippen LogP contribution in [-0.2, 0) is 18.4 Å². The van der Waals surface area contributed by atoms with Gasteiger partial charge in [0, 0.05) is 7.05 Å². The van der Waals surface area contributed by atoms with Gasteiger partial charge >= 0.3 is 11.4 Å². The van der Waals surface area contributed by atoms with Gasteiger partial charge in [-0.3, -0.25) is 0 Å². The minimum atomic E-state index is -0.427. The molecule has 4 rings (SSSR count). The smallest absolute Gasteiger partial charge is 0.347 e. The predicted octanol–water partition coefficient (Wildman–Crippen LogP) is 2.29. The van der Waals surface area contributed by atoms with Crippen LogP contribution in [-0.4, -0.2) is 14.3 Å². The lowest BCUT2D eigenvalue weighted by atomic mass is 9.91. The lowest BCUT2D eigenvalue weighted by Crippen LogP contribution is -2.29. The number of allylic oxidation sites excluding steroid dienone is 1. The van der Waals surface area contributed by atoms with Gasteiger partial charge in [0.25, 0.3) is 0 Å². The summed E-state index contributed by atoms with van der Waals surface area (Å²) >= 11 is 0. The molecule has 1 heterocycles. The number of ether oxygens (including phenoxy) is 1. The quantitative estimate of drug-likeness (QED) is 0.735. The van der Waals surface area contributed by atoms with Gasteiger partial charge in [-0.1, -0.05) is 66.7 Å². The third-order valence-corrected chi connectivity index (χ3v) is 4.65. The second-order valence-corrected chi connectivity index (χ2v) is 6.30. The zero-order valence-corrected chi connectivity index (χ0v) is 14.3. The van der Waals surface area contributed by atoms with E-state index < -0.39 is 5.69 Å². The number of H-pyrrole nitrogens is 1. The average molecular weight is 349 g/mol. The van der Waals surface area contributed by atoms with Gasteiger partial charge in [0.15, 0.2) is 0 Å². The van der Waals surface area contributed by atoms with Gasteiger partial charge in [-0.15, -0.1) is 0 Å². The molecule has 0 saturated heterocycles. The van der Waals surface area contributed by atoms with Crippen LogP contribution in [0.5, 0.6) is 0 Å². The molecule has 0 fully saturated rings. The standard InChI is InChI=1S/C20H19N3O3/c1-22-19(24)21-23(20(22)25)17-11-12-18(16-10-6-5-9-15(16)17)26-13-14-7-3-2-4-8-14/h2-12,17-18H,13H2,1H3,(H,21,24)/t17-,18+/m1/s1. The van der Waals surface area contributed by atoms with E-state index in [1.807, 2.05) is 66.7 Å². The molecule has 3 aromatic rings. The molecule has 0 amide bonds. The Labute approximate surface area is 150 Å². The van der Waals surface area contributed by atoms with Gasteiger partial charge in [-0.2, -0.15) is 0 Å². The zero-order chi connectivity index (χ0) is 18.1. The SMILES string of the molecule is Cn1c(=O)[nH]n([C@@H]2C=C[C@H](OCc3ccccc3)c3ccccc32)c1=O. The Morgan fingerprint density at radius 3 is 2.35 bits per heavy atom. The van der Waals surface area contributed by atoms with E-state index in [0.717, 1.165) is 21.3 Å². The number of nitrogens with one attached hydrogen (secondary N) is 1. The van der Waals surface area contributed by atoms with Crippen LogP contribution < -0.4 is 11.4 Å². The molecule has 0 aliphatic heterocycles. The van der Waals surface area contributed by atoms with E-state index in [2.05, 4.69) is 5.10 Å². The molecule has 0 radical (unpaired) electrons. The third-order valence-electron chi connectivity index (χ3n) is 4.65. The number of fused-ring (bicyclic) bond motifs is 1. The first kappa shape index (κ1) is 16.4. The number of aromatic nitrogens is 3. The largest absolute Gasteiger partial charge is 0.365 e. The monoisotopic (exact) mass is 349 g/mol. The number of hydrogen-bond acceptors (Lipinski definition) is 3. The topological polar surface area (TPSA) is 69.0 Å². The first-order valence-electron chi connectivity index (χ1n) is 8.45. The fourth-order valence-corrected chi connectivity index (χ4v) is 3.25. The van der Waals surface area contributed by atoms with Crippen molar-refractivity contribution in [2.45, 2.75) is 18.8 Å². The molecule has 26 heavy (non-hydrogen) atoms. The molecule has 0 saturated carbocycles. The predicted molar refractivity (Wildman–Crippen MR) is 98.0 cm³/mol. The second kappa shape index (κ2) is 6.65. The molecule has 1 N–H and O–H groups in total. The normalized spacial score (nSPS) is 18.7.